The molecule has 0 aromatic carbocycles. The topological polar surface area (TPSA) is 38.7 Å². The molecule has 0 aromatic heterocycles. The molecule has 0 amide bonds. The van der Waals surface area contributed by atoms with Crippen molar-refractivity contribution in [1.82, 2.24) is 0 Å². The van der Waals surface area contributed by atoms with E-state index in [0.717, 1.165) is 45.3 Å². The maximum Gasteiger partial charge on any atom is 0.169 e. The van der Waals surface area contributed by atoms with Crippen molar-refractivity contribution in [2.75, 3.05) is 13.2 Å². The fourth-order valence-corrected chi connectivity index (χ4v) is 3.79. The molecule has 86 valence electrons. The van der Waals surface area contributed by atoms with Gasteiger partial charge in [0, 0.05) is 12.8 Å². The van der Waals surface area contributed by atoms with E-state index in [1.54, 1.807) is 0 Å². The Kier molecular flexibility index (Phi) is 2.31. The van der Waals surface area contributed by atoms with Gasteiger partial charge in [0.15, 0.2) is 5.79 Å². The highest BCUT2D eigenvalue weighted by Crippen LogP contribution is 2.53. The number of rotatable bonds is 0. The Labute approximate surface area is 90.8 Å². The summed E-state index contributed by atoms with van der Waals surface area (Å²) in [5, 5.41) is 9.70. The molecule has 1 saturated heterocycles. The maximum absolute atomic E-state index is 9.70. The first kappa shape index (κ1) is 10.1. The van der Waals surface area contributed by atoms with Gasteiger partial charge < -0.3 is 14.6 Å². The summed E-state index contributed by atoms with van der Waals surface area (Å²) in [7, 11) is 0. The molecule has 2 saturated carbocycles. The third-order valence-corrected chi connectivity index (χ3v) is 4.40. The van der Waals surface area contributed by atoms with Crippen molar-refractivity contribution in [3.8, 4) is 0 Å². The average molecular weight is 212 g/mol. The molecule has 3 aliphatic rings. The molecule has 2 atom stereocenters. The summed E-state index contributed by atoms with van der Waals surface area (Å²) in [4.78, 5) is 0. The van der Waals surface area contributed by atoms with Crippen LogP contribution in [0.5, 0.6) is 0 Å². The van der Waals surface area contributed by atoms with E-state index in [-0.39, 0.29) is 11.9 Å². The number of ether oxygens (including phenoxy) is 2. The zero-order valence-electron chi connectivity index (χ0n) is 9.21. The van der Waals surface area contributed by atoms with Gasteiger partial charge in [0.05, 0.1) is 19.3 Å². The lowest BCUT2D eigenvalue weighted by Gasteiger charge is -2.43. The first-order valence-electron chi connectivity index (χ1n) is 6.18. The van der Waals surface area contributed by atoms with E-state index in [0.29, 0.717) is 5.41 Å². The molecule has 2 spiro atoms. The minimum absolute atomic E-state index is 0.0819. The molecule has 0 bridgehead atoms. The monoisotopic (exact) mass is 212 g/mol. The second-order valence-corrected chi connectivity index (χ2v) is 5.53. The molecule has 15 heavy (non-hydrogen) atoms. The molecule has 3 heteroatoms. The molecule has 0 aromatic rings. The maximum atomic E-state index is 9.70. The smallest absolute Gasteiger partial charge is 0.169 e. The van der Waals surface area contributed by atoms with Gasteiger partial charge in [-0.1, -0.05) is 0 Å². The quantitative estimate of drug-likeness (QED) is 0.666. The van der Waals surface area contributed by atoms with Gasteiger partial charge in [-0.3, -0.25) is 0 Å². The van der Waals surface area contributed by atoms with Crippen LogP contribution in [0.15, 0.2) is 0 Å². The van der Waals surface area contributed by atoms with Crippen LogP contribution in [-0.2, 0) is 9.47 Å². The lowest BCUT2D eigenvalue weighted by molar-refractivity contribution is -0.202. The predicted molar refractivity (Wildman–Crippen MR) is 55.4 cm³/mol. The van der Waals surface area contributed by atoms with Gasteiger partial charge in [0.2, 0.25) is 0 Å². The highest BCUT2D eigenvalue weighted by molar-refractivity contribution is 4.97. The molecule has 1 N–H and O–H groups in total. The van der Waals surface area contributed by atoms with E-state index < -0.39 is 0 Å². The Morgan fingerprint density at radius 3 is 2.53 bits per heavy atom. The second-order valence-electron chi connectivity index (χ2n) is 5.53. The molecular formula is C12H20O3. The Hall–Kier alpha value is -0.120. The van der Waals surface area contributed by atoms with Crippen LogP contribution in [0.3, 0.4) is 0 Å². The fourth-order valence-electron chi connectivity index (χ4n) is 3.79. The van der Waals surface area contributed by atoms with Crippen LogP contribution in [0.1, 0.15) is 44.9 Å². The summed E-state index contributed by atoms with van der Waals surface area (Å²) in [6, 6.07) is 0. The zero-order chi connectivity index (χ0) is 10.4. The Morgan fingerprint density at radius 1 is 1.07 bits per heavy atom. The van der Waals surface area contributed by atoms with Crippen LogP contribution < -0.4 is 0 Å². The highest BCUT2D eigenvalue weighted by atomic mass is 16.7. The standard InChI is InChI=1S/C12H20O3/c13-10-2-5-11(8-10)3-1-4-12(9-11)14-6-7-15-12/h10,13H,1-9H2/t10-,11-/m1/s1. The molecule has 3 rings (SSSR count). The van der Waals surface area contributed by atoms with Gasteiger partial charge >= 0.3 is 0 Å². The number of aliphatic hydroxyl groups is 1. The van der Waals surface area contributed by atoms with Crippen molar-refractivity contribution in [2.45, 2.75) is 56.8 Å². The second kappa shape index (κ2) is 3.44. The summed E-state index contributed by atoms with van der Waals surface area (Å²) >= 11 is 0. The fraction of sp³-hybridized carbons (Fsp3) is 1.00. The molecular weight excluding hydrogens is 192 g/mol. The van der Waals surface area contributed by atoms with Gasteiger partial charge in [-0.15, -0.1) is 0 Å². The van der Waals surface area contributed by atoms with Gasteiger partial charge in [0.25, 0.3) is 0 Å². The molecule has 0 unspecified atom stereocenters. The SMILES string of the molecule is O[C@@H]1CC[C@]2(CCCC3(C2)OCCO3)C1. The zero-order valence-corrected chi connectivity index (χ0v) is 9.21. The molecule has 2 aliphatic carbocycles. The van der Waals surface area contributed by atoms with E-state index in [2.05, 4.69) is 0 Å². The molecule has 0 radical (unpaired) electrons. The predicted octanol–water partition coefficient (Wildman–Crippen LogP) is 1.83. The van der Waals surface area contributed by atoms with E-state index in [1.807, 2.05) is 0 Å². The van der Waals surface area contributed by atoms with Crippen molar-refractivity contribution in [3.05, 3.63) is 0 Å². The van der Waals surface area contributed by atoms with Crippen molar-refractivity contribution >= 4 is 0 Å². The normalized spacial score (nSPS) is 44.2. The number of aliphatic hydroxyl groups excluding tert-OH is 1. The molecule has 1 aliphatic heterocycles. The summed E-state index contributed by atoms with van der Waals surface area (Å²) < 4.78 is 11.6. The largest absolute Gasteiger partial charge is 0.393 e. The Balaban J connectivity index is 1.76. The first-order valence-corrected chi connectivity index (χ1v) is 6.18. The molecule has 3 fully saturated rings. The van der Waals surface area contributed by atoms with E-state index in [4.69, 9.17) is 9.47 Å². The lowest BCUT2D eigenvalue weighted by Crippen LogP contribution is -2.41. The van der Waals surface area contributed by atoms with Crippen LogP contribution in [0.4, 0.5) is 0 Å². The van der Waals surface area contributed by atoms with Crippen LogP contribution in [-0.4, -0.2) is 30.2 Å². The van der Waals surface area contributed by atoms with Crippen LogP contribution in [0.2, 0.25) is 0 Å². The van der Waals surface area contributed by atoms with Crippen molar-refractivity contribution in [3.63, 3.8) is 0 Å². The third kappa shape index (κ3) is 1.71. The Bertz CT molecular complexity index is 243. The number of hydrogen-bond acceptors (Lipinski definition) is 3. The van der Waals surface area contributed by atoms with Gasteiger partial charge in [0.1, 0.15) is 0 Å². The Morgan fingerprint density at radius 2 is 1.87 bits per heavy atom. The lowest BCUT2D eigenvalue weighted by atomic mass is 9.70. The van der Waals surface area contributed by atoms with Crippen molar-refractivity contribution in [1.29, 1.82) is 0 Å². The third-order valence-electron chi connectivity index (χ3n) is 4.40. The van der Waals surface area contributed by atoms with Crippen molar-refractivity contribution < 1.29 is 14.6 Å². The summed E-state index contributed by atoms with van der Waals surface area (Å²) in [6.45, 7) is 1.50. The van der Waals surface area contributed by atoms with Gasteiger partial charge in [-0.2, -0.15) is 0 Å². The van der Waals surface area contributed by atoms with Crippen LogP contribution in [0.25, 0.3) is 0 Å². The van der Waals surface area contributed by atoms with Gasteiger partial charge in [-0.25, -0.2) is 0 Å². The van der Waals surface area contributed by atoms with Crippen molar-refractivity contribution in [2.24, 2.45) is 5.41 Å². The minimum atomic E-state index is -0.275. The summed E-state index contributed by atoms with van der Waals surface area (Å²) in [5.41, 5.74) is 0.321. The van der Waals surface area contributed by atoms with E-state index in [9.17, 15) is 5.11 Å². The van der Waals surface area contributed by atoms with E-state index >= 15 is 0 Å². The molecule has 3 nitrogen and oxygen atoms in total. The molecule has 1 heterocycles. The average Bonchev–Trinajstić information content (AvgIpc) is 2.76. The summed E-state index contributed by atoms with van der Waals surface area (Å²) in [6.07, 6.45) is 7.49. The van der Waals surface area contributed by atoms with Crippen LogP contribution in [0, 0.1) is 5.41 Å². The van der Waals surface area contributed by atoms with Gasteiger partial charge in [-0.05, 0) is 37.5 Å². The summed E-state index contributed by atoms with van der Waals surface area (Å²) in [5.74, 6) is -0.275. The first-order chi connectivity index (χ1) is 7.22. The minimum Gasteiger partial charge on any atom is -0.393 e. The van der Waals surface area contributed by atoms with E-state index in [1.165, 1.54) is 12.8 Å². The van der Waals surface area contributed by atoms with Crippen LogP contribution >= 0.6 is 0 Å². The number of hydrogen-bond donors (Lipinski definition) is 1. The highest BCUT2D eigenvalue weighted by Gasteiger charge is 2.50.